The summed E-state index contributed by atoms with van der Waals surface area (Å²) in [4.78, 5) is 12.1. The van der Waals surface area contributed by atoms with Crippen LogP contribution in [0.4, 0.5) is 15.8 Å². The van der Waals surface area contributed by atoms with Gasteiger partial charge in [-0.1, -0.05) is 35.3 Å². The van der Waals surface area contributed by atoms with Crippen LogP contribution < -0.4 is 10.0 Å². The number of rotatable bonds is 8. The zero-order chi connectivity index (χ0) is 22.4. The maximum Gasteiger partial charge on any atom is 0.261 e. The second kappa shape index (κ2) is 10.4. The molecule has 3 aromatic carbocycles. The molecule has 0 atom stereocenters. The zero-order valence-corrected chi connectivity index (χ0v) is 19.1. The van der Waals surface area contributed by atoms with E-state index in [-0.39, 0.29) is 33.1 Å². The highest BCUT2D eigenvalue weighted by Gasteiger charge is 2.16. The first kappa shape index (κ1) is 23.4. The van der Waals surface area contributed by atoms with Crippen molar-refractivity contribution in [3.63, 3.8) is 0 Å². The first-order valence-electron chi connectivity index (χ1n) is 8.93. The van der Waals surface area contributed by atoms with Gasteiger partial charge in [-0.25, -0.2) is 12.8 Å². The minimum atomic E-state index is -3.86. The van der Waals surface area contributed by atoms with E-state index in [9.17, 15) is 17.6 Å². The van der Waals surface area contributed by atoms with Crippen molar-refractivity contribution in [1.29, 1.82) is 0 Å². The van der Waals surface area contributed by atoms with Crippen LogP contribution in [0.3, 0.4) is 0 Å². The monoisotopic (exact) mass is 498 g/mol. The standard InChI is InChI=1S/C21H17Cl2FN2O3S2/c22-15-3-10-20(19(23)11-15)26-31(28,29)18-8-6-17(7-9-18)25-21(27)13-30-12-14-1-4-16(24)5-2-14/h1-11,26H,12-13H2,(H,25,27). The number of carbonyl (C=O) groups is 1. The Kier molecular flexibility index (Phi) is 7.83. The molecule has 0 aliphatic rings. The van der Waals surface area contributed by atoms with Crippen LogP contribution in [-0.4, -0.2) is 20.1 Å². The lowest BCUT2D eigenvalue weighted by atomic mass is 10.2. The van der Waals surface area contributed by atoms with Crippen molar-refractivity contribution >= 4 is 62.3 Å². The van der Waals surface area contributed by atoms with Gasteiger partial charge in [0.05, 0.1) is 21.4 Å². The Bertz CT molecular complexity index is 1170. The third kappa shape index (κ3) is 6.87. The van der Waals surface area contributed by atoms with Crippen LogP contribution in [0.1, 0.15) is 5.56 Å². The molecule has 0 saturated carbocycles. The van der Waals surface area contributed by atoms with E-state index in [0.717, 1.165) is 5.56 Å². The molecule has 1 amide bonds. The van der Waals surface area contributed by atoms with Gasteiger partial charge in [0.15, 0.2) is 0 Å². The van der Waals surface area contributed by atoms with E-state index in [0.29, 0.717) is 16.5 Å². The summed E-state index contributed by atoms with van der Waals surface area (Å²) in [5.41, 5.74) is 1.60. The Morgan fingerprint density at radius 2 is 1.65 bits per heavy atom. The number of carbonyl (C=O) groups excluding carboxylic acids is 1. The Morgan fingerprint density at radius 3 is 2.29 bits per heavy atom. The van der Waals surface area contributed by atoms with E-state index in [1.54, 1.807) is 12.1 Å². The highest BCUT2D eigenvalue weighted by molar-refractivity contribution is 7.99. The molecule has 0 bridgehead atoms. The van der Waals surface area contributed by atoms with E-state index >= 15 is 0 Å². The minimum absolute atomic E-state index is 0.0159. The van der Waals surface area contributed by atoms with Gasteiger partial charge in [-0.05, 0) is 60.2 Å². The first-order chi connectivity index (χ1) is 14.7. The first-order valence-corrected chi connectivity index (χ1v) is 12.3. The van der Waals surface area contributed by atoms with Crippen molar-refractivity contribution in [3.8, 4) is 0 Å². The molecule has 0 saturated heterocycles. The SMILES string of the molecule is O=C(CSCc1ccc(F)cc1)Nc1ccc(S(=O)(=O)Nc2ccc(Cl)cc2Cl)cc1. The van der Waals surface area contributed by atoms with Crippen LogP contribution in [-0.2, 0) is 20.6 Å². The molecule has 0 radical (unpaired) electrons. The van der Waals surface area contributed by atoms with Crippen LogP contribution in [0.25, 0.3) is 0 Å². The Morgan fingerprint density at radius 1 is 0.968 bits per heavy atom. The number of thioether (sulfide) groups is 1. The van der Waals surface area contributed by atoms with Gasteiger partial charge in [0.25, 0.3) is 10.0 Å². The molecular weight excluding hydrogens is 482 g/mol. The summed E-state index contributed by atoms with van der Waals surface area (Å²) in [6, 6.07) is 16.3. The highest BCUT2D eigenvalue weighted by atomic mass is 35.5. The number of sulfonamides is 1. The van der Waals surface area contributed by atoms with Crippen LogP contribution in [0.5, 0.6) is 0 Å². The number of anilines is 2. The lowest BCUT2D eigenvalue weighted by Gasteiger charge is -2.11. The molecule has 0 spiro atoms. The second-order valence-electron chi connectivity index (χ2n) is 6.42. The van der Waals surface area contributed by atoms with E-state index in [4.69, 9.17) is 23.2 Å². The van der Waals surface area contributed by atoms with E-state index in [2.05, 4.69) is 10.0 Å². The fourth-order valence-corrected chi connectivity index (χ4v) is 4.91. The molecule has 0 aliphatic carbocycles. The van der Waals surface area contributed by atoms with Gasteiger partial charge < -0.3 is 5.32 Å². The van der Waals surface area contributed by atoms with Gasteiger partial charge >= 0.3 is 0 Å². The van der Waals surface area contributed by atoms with Crippen LogP contribution in [0.2, 0.25) is 10.0 Å². The minimum Gasteiger partial charge on any atom is -0.325 e. The fourth-order valence-electron chi connectivity index (χ4n) is 2.53. The van der Waals surface area contributed by atoms with E-state index in [1.165, 1.54) is 66.4 Å². The molecule has 0 unspecified atom stereocenters. The normalized spacial score (nSPS) is 11.2. The van der Waals surface area contributed by atoms with Crippen molar-refractivity contribution in [1.82, 2.24) is 0 Å². The summed E-state index contributed by atoms with van der Waals surface area (Å²) in [5, 5.41) is 3.28. The number of hydrogen-bond donors (Lipinski definition) is 2. The Balaban J connectivity index is 1.55. The number of benzene rings is 3. The summed E-state index contributed by atoms with van der Waals surface area (Å²) in [6.07, 6.45) is 0. The largest absolute Gasteiger partial charge is 0.325 e. The van der Waals surface area contributed by atoms with Gasteiger partial charge in [-0.3, -0.25) is 9.52 Å². The van der Waals surface area contributed by atoms with E-state index in [1.807, 2.05) is 0 Å². The molecule has 31 heavy (non-hydrogen) atoms. The fraction of sp³-hybridized carbons (Fsp3) is 0.0952. The quantitative estimate of drug-likeness (QED) is 0.411. The predicted octanol–water partition coefficient (Wildman–Crippen LogP) is 5.81. The number of nitrogens with one attached hydrogen (secondary N) is 2. The van der Waals surface area contributed by atoms with Crippen molar-refractivity contribution < 1.29 is 17.6 Å². The topological polar surface area (TPSA) is 75.3 Å². The van der Waals surface area contributed by atoms with Gasteiger partial charge in [0, 0.05) is 16.5 Å². The van der Waals surface area contributed by atoms with E-state index < -0.39 is 10.0 Å². The van der Waals surface area contributed by atoms with Crippen molar-refractivity contribution in [2.24, 2.45) is 0 Å². The second-order valence-corrected chi connectivity index (χ2v) is 9.93. The Hall–Kier alpha value is -2.26. The summed E-state index contributed by atoms with van der Waals surface area (Å²) >= 11 is 13.2. The molecular formula is C21H17Cl2FN2O3S2. The lowest BCUT2D eigenvalue weighted by molar-refractivity contribution is -0.113. The molecule has 5 nitrogen and oxygen atoms in total. The summed E-state index contributed by atoms with van der Waals surface area (Å²) in [5.74, 6) is 0.245. The average molecular weight is 499 g/mol. The zero-order valence-electron chi connectivity index (χ0n) is 15.9. The lowest BCUT2D eigenvalue weighted by Crippen LogP contribution is -2.15. The molecule has 0 heterocycles. The molecule has 0 aliphatic heterocycles. The molecule has 2 N–H and O–H groups in total. The average Bonchev–Trinajstić information content (AvgIpc) is 2.72. The van der Waals surface area contributed by atoms with Crippen LogP contribution in [0, 0.1) is 5.82 Å². The molecule has 0 aromatic heterocycles. The maximum atomic E-state index is 12.9. The van der Waals surface area contributed by atoms with Crippen LogP contribution in [0.15, 0.2) is 71.6 Å². The number of amides is 1. The highest BCUT2D eigenvalue weighted by Crippen LogP contribution is 2.28. The number of hydrogen-bond acceptors (Lipinski definition) is 4. The molecule has 3 aromatic rings. The smallest absolute Gasteiger partial charge is 0.261 e. The number of halogens is 3. The van der Waals surface area contributed by atoms with Crippen molar-refractivity contribution in [3.05, 3.63) is 88.2 Å². The molecule has 3 rings (SSSR count). The Labute approximate surface area is 194 Å². The summed E-state index contributed by atoms with van der Waals surface area (Å²) in [6.45, 7) is 0. The van der Waals surface area contributed by atoms with Gasteiger partial charge in [0.2, 0.25) is 5.91 Å². The molecule has 10 heteroatoms. The van der Waals surface area contributed by atoms with Gasteiger partial charge in [-0.15, -0.1) is 11.8 Å². The van der Waals surface area contributed by atoms with Gasteiger partial charge in [0.1, 0.15) is 5.82 Å². The van der Waals surface area contributed by atoms with Crippen molar-refractivity contribution in [2.45, 2.75) is 10.6 Å². The molecule has 162 valence electrons. The summed E-state index contributed by atoms with van der Waals surface area (Å²) in [7, 11) is -3.86. The van der Waals surface area contributed by atoms with Crippen molar-refractivity contribution in [2.75, 3.05) is 15.8 Å². The third-order valence-electron chi connectivity index (χ3n) is 4.04. The van der Waals surface area contributed by atoms with Crippen LogP contribution >= 0.6 is 35.0 Å². The third-order valence-corrected chi connectivity index (χ3v) is 6.97. The summed E-state index contributed by atoms with van der Waals surface area (Å²) < 4.78 is 40.4. The van der Waals surface area contributed by atoms with Gasteiger partial charge in [-0.2, -0.15) is 0 Å². The predicted molar refractivity (Wildman–Crippen MR) is 125 cm³/mol. The maximum absolute atomic E-state index is 12.9. The molecule has 0 fully saturated rings.